The van der Waals surface area contributed by atoms with Crippen LogP contribution >= 0.6 is 15.9 Å². The number of likely N-dealkylation sites (N-methyl/N-ethyl adjacent to an activating group) is 1. The Morgan fingerprint density at radius 2 is 2.00 bits per heavy atom. The third kappa shape index (κ3) is 5.67. The predicted molar refractivity (Wildman–Crippen MR) is 101 cm³/mol. The van der Waals surface area contributed by atoms with Crippen LogP contribution in [0.4, 0.5) is 4.39 Å². The molecule has 0 saturated carbocycles. The second-order valence-electron chi connectivity index (χ2n) is 6.58. The molecular formula is C18H25BrFN3O3. The summed E-state index contributed by atoms with van der Waals surface area (Å²) in [5.41, 5.74) is 0. The van der Waals surface area contributed by atoms with Gasteiger partial charge in [0, 0.05) is 40.3 Å². The first kappa shape index (κ1) is 20.6. The molecule has 0 bridgehead atoms. The number of benzene rings is 1. The summed E-state index contributed by atoms with van der Waals surface area (Å²) in [5, 5.41) is 0. The van der Waals surface area contributed by atoms with Gasteiger partial charge in [0.1, 0.15) is 11.6 Å². The minimum atomic E-state index is -0.674. The third-order valence-corrected chi connectivity index (χ3v) is 4.92. The highest BCUT2D eigenvalue weighted by molar-refractivity contribution is 9.10. The summed E-state index contributed by atoms with van der Waals surface area (Å²) < 4.78 is 19.3. The van der Waals surface area contributed by atoms with Gasteiger partial charge in [0.25, 0.3) is 5.91 Å². The number of hydrogen-bond donors (Lipinski definition) is 0. The van der Waals surface area contributed by atoms with Crippen molar-refractivity contribution in [2.45, 2.75) is 19.4 Å². The normalized spacial score (nSPS) is 16.7. The summed E-state index contributed by atoms with van der Waals surface area (Å²) in [4.78, 5) is 30.0. The van der Waals surface area contributed by atoms with Crippen molar-refractivity contribution in [2.75, 3.05) is 46.8 Å². The summed E-state index contributed by atoms with van der Waals surface area (Å²) in [5.74, 6) is 0.00742. The van der Waals surface area contributed by atoms with E-state index in [1.165, 1.54) is 18.2 Å². The SMILES string of the molecule is CC(Oc1ccc(F)cc1Br)C(=O)N1CCCN(CC(=O)N(C)C)CC1. The monoisotopic (exact) mass is 429 g/mol. The van der Waals surface area contributed by atoms with Crippen molar-refractivity contribution in [1.82, 2.24) is 14.7 Å². The Bertz CT molecular complexity index is 657. The molecule has 0 aliphatic carbocycles. The Hall–Kier alpha value is -1.67. The molecule has 1 fully saturated rings. The van der Waals surface area contributed by atoms with Crippen LogP contribution in [0, 0.1) is 5.82 Å². The fourth-order valence-electron chi connectivity index (χ4n) is 2.75. The van der Waals surface area contributed by atoms with Gasteiger partial charge < -0.3 is 14.5 Å². The summed E-state index contributed by atoms with van der Waals surface area (Å²) in [7, 11) is 3.48. The molecule has 144 valence electrons. The average Bonchev–Trinajstić information content (AvgIpc) is 2.82. The Kier molecular flexibility index (Phi) is 7.40. The second kappa shape index (κ2) is 9.32. The lowest BCUT2D eigenvalue weighted by Gasteiger charge is -2.25. The maximum atomic E-state index is 13.2. The lowest BCUT2D eigenvalue weighted by molar-refractivity contribution is -0.137. The predicted octanol–water partition coefficient (Wildman–Crippen LogP) is 1.98. The first-order valence-electron chi connectivity index (χ1n) is 8.61. The van der Waals surface area contributed by atoms with Gasteiger partial charge in [0.15, 0.2) is 6.10 Å². The molecular weight excluding hydrogens is 405 g/mol. The minimum absolute atomic E-state index is 0.0580. The van der Waals surface area contributed by atoms with Crippen molar-refractivity contribution >= 4 is 27.7 Å². The van der Waals surface area contributed by atoms with Gasteiger partial charge in [0.05, 0.1) is 11.0 Å². The van der Waals surface area contributed by atoms with Crippen LogP contribution < -0.4 is 4.74 Å². The van der Waals surface area contributed by atoms with Crippen LogP contribution in [0.5, 0.6) is 5.75 Å². The molecule has 1 saturated heterocycles. The molecule has 1 aromatic rings. The van der Waals surface area contributed by atoms with E-state index in [-0.39, 0.29) is 17.6 Å². The molecule has 0 aromatic heterocycles. The number of ether oxygens (including phenoxy) is 1. The molecule has 1 aliphatic rings. The van der Waals surface area contributed by atoms with Crippen LogP contribution in [0.25, 0.3) is 0 Å². The van der Waals surface area contributed by atoms with Crippen LogP contribution in [0.1, 0.15) is 13.3 Å². The van der Waals surface area contributed by atoms with E-state index in [1.807, 2.05) is 0 Å². The Labute approximate surface area is 162 Å². The number of rotatable bonds is 5. The smallest absolute Gasteiger partial charge is 0.263 e. The highest BCUT2D eigenvalue weighted by Crippen LogP contribution is 2.26. The molecule has 1 aromatic carbocycles. The summed E-state index contributed by atoms with van der Waals surface area (Å²) in [6.07, 6.45) is 0.131. The molecule has 1 atom stereocenters. The maximum Gasteiger partial charge on any atom is 0.263 e. The topological polar surface area (TPSA) is 53.1 Å². The zero-order valence-corrected chi connectivity index (χ0v) is 17.0. The average molecular weight is 430 g/mol. The summed E-state index contributed by atoms with van der Waals surface area (Å²) in [6.45, 7) is 4.67. The molecule has 6 nitrogen and oxygen atoms in total. The number of halogens is 2. The fraction of sp³-hybridized carbons (Fsp3) is 0.556. The molecule has 1 aliphatic heterocycles. The number of carbonyl (C=O) groups excluding carboxylic acids is 2. The zero-order chi connectivity index (χ0) is 19.3. The van der Waals surface area contributed by atoms with Crippen molar-refractivity contribution in [3.05, 3.63) is 28.5 Å². The van der Waals surface area contributed by atoms with Gasteiger partial charge in [-0.1, -0.05) is 0 Å². The van der Waals surface area contributed by atoms with Crippen LogP contribution in [0.3, 0.4) is 0 Å². The van der Waals surface area contributed by atoms with Gasteiger partial charge in [0.2, 0.25) is 5.91 Å². The number of hydrogen-bond acceptors (Lipinski definition) is 4. The lowest BCUT2D eigenvalue weighted by atomic mass is 10.3. The number of amides is 2. The molecule has 0 N–H and O–H groups in total. The largest absolute Gasteiger partial charge is 0.480 e. The van der Waals surface area contributed by atoms with Gasteiger partial charge in [-0.2, -0.15) is 0 Å². The fourth-order valence-corrected chi connectivity index (χ4v) is 3.20. The van der Waals surface area contributed by atoms with Crippen molar-refractivity contribution in [3.63, 3.8) is 0 Å². The molecule has 2 rings (SSSR count). The third-order valence-electron chi connectivity index (χ3n) is 4.30. The van der Waals surface area contributed by atoms with Crippen molar-refractivity contribution in [1.29, 1.82) is 0 Å². The van der Waals surface area contributed by atoms with Gasteiger partial charge in [-0.3, -0.25) is 14.5 Å². The molecule has 8 heteroatoms. The van der Waals surface area contributed by atoms with E-state index in [0.29, 0.717) is 36.4 Å². The van der Waals surface area contributed by atoms with Crippen molar-refractivity contribution < 1.29 is 18.7 Å². The molecule has 1 heterocycles. The second-order valence-corrected chi connectivity index (χ2v) is 7.43. The van der Waals surface area contributed by atoms with Crippen LogP contribution in [0.2, 0.25) is 0 Å². The van der Waals surface area contributed by atoms with E-state index in [0.717, 1.165) is 13.0 Å². The zero-order valence-electron chi connectivity index (χ0n) is 15.4. The Morgan fingerprint density at radius 3 is 2.65 bits per heavy atom. The van der Waals surface area contributed by atoms with Gasteiger partial charge in [-0.15, -0.1) is 0 Å². The summed E-state index contributed by atoms with van der Waals surface area (Å²) >= 11 is 3.24. The Morgan fingerprint density at radius 1 is 1.27 bits per heavy atom. The summed E-state index contributed by atoms with van der Waals surface area (Å²) in [6, 6.07) is 4.10. The van der Waals surface area contributed by atoms with Crippen LogP contribution in [0.15, 0.2) is 22.7 Å². The molecule has 2 amide bonds. The minimum Gasteiger partial charge on any atom is -0.480 e. The van der Waals surface area contributed by atoms with Crippen molar-refractivity contribution in [3.8, 4) is 5.75 Å². The van der Waals surface area contributed by atoms with E-state index in [4.69, 9.17) is 4.74 Å². The lowest BCUT2D eigenvalue weighted by Crippen LogP contribution is -2.43. The van der Waals surface area contributed by atoms with Gasteiger partial charge in [-0.05, 0) is 47.5 Å². The Balaban J connectivity index is 1.91. The van der Waals surface area contributed by atoms with Crippen LogP contribution in [-0.4, -0.2) is 79.4 Å². The highest BCUT2D eigenvalue weighted by atomic mass is 79.9. The van der Waals surface area contributed by atoms with E-state index in [9.17, 15) is 14.0 Å². The maximum absolute atomic E-state index is 13.2. The van der Waals surface area contributed by atoms with E-state index >= 15 is 0 Å². The van der Waals surface area contributed by atoms with Crippen LogP contribution in [-0.2, 0) is 9.59 Å². The quantitative estimate of drug-likeness (QED) is 0.717. The molecule has 26 heavy (non-hydrogen) atoms. The van der Waals surface area contributed by atoms with E-state index in [2.05, 4.69) is 20.8 Å². The van der Waals surface area contributed by atoms with E-state index in [1.54, 1.807) is 30.8 Å². The first-order valence-corrected chi connectivity index (χ1v) is 9.40. The molecule has 0 spiro atoms. The van der Waals surface area contributed by atoms with Gasteiger partial charge >= 0.3 is 0 Å². The highest BCUT2D eigenvalue weighted by Gasteiger charge is 2.25. The number of carbonyl (C=O) groups is 2. The standard InChI is InChI=1S/C18H25BrFN3O3/c1-13(26-16-6-5-14(20)11-15(16)19)18(25)23-8-4-7-22(9-10-23)12-17(24)21(2)3/h5-6,11,13H,4,7-10,12H2,1-3H3. The van der Waals surface area contributed by atoms with Crippen molar-refractivity contribution in [2.24, 2.45) is 0 Å². The molecule has 1 unspecified atom stereocenters. The number of nitrogens with zero attached hydrogens (tertiary/aromatic N) is 3. The first-order chi connectivity index (χ1) is 12.3. The molecule has 0 radical (unpaired) electrons. The van der Waals surface area contributed by atoms with E-state index < -0.39 is 6.10 Å². The van der Waals surface area contributed by atoms with Gasteiger partial charge in [-0.25, -0.2) is 4.39 Å².